The second-order valence-electron chi connectivity index (χ2n) is 6.43. The molecule has 1 atom stereocenters. The van der Waals surface area contributed by atoms with Gasteiger partial charge in [-0.1, -0.05) is 60.7 Å². The van der Waals surface area contributed by atoms with Gasteiger partial charge in [-0.3, -0.25) is 4.99 Å². The summed E-state index contributed by atoms with van der Waals surface area (Å²) in [4.78, 5) is 16.9. The van der Waals surface area contributed by atoms with E-state index in [1.807, 2.05) is 81.4 Å². The maximum atomic E-state index is 12.4. The minimum absolute atomic E-state index is 0.298. The summed E-state index contributed by atoms with van der Waals surface area (Å²) in [7, 11) is 0. The van der Waals surface area contributed by atoms with E-state index in [2.05, 4.69) is 4.99 Å². The van der Waals surface area contributed by atoms with Gasteiger partial charge in [-0.15, -0.1) is 0 Å². The minimum atomic E-state index is -0.545. The molecule has 0 amide bonds. The largest absolute Gasteiger partial charge is 0.458 e. The number of nitrogens with zero attached hydrogens (tertiary/aromatic N) is 1. The van der Waals surface area contributed by atoms with E-state index < -0.39 is 11.6 Å². The van der Waals surface area contributed by atoms with E-state index in [-0.39, 0.29) is 5.97 Å². The highest BCUT2D eigenvalue weighted by molar-refractivity contribution is 5.84. The number of hydrogen-bond donors (Lipinski definition) is 0. The summed E-state index contributed by atoms with van der Waals surface area (Å²) in [6.45, 7) is 5.60. The van der Waals surface area contributed by atoms with E-state index in [0.717, 1.165) is 11.1 Å². The fraction of sp³-hybridized carbons (Fsp3) is 0.300. The van der Waals surface area contributed by atoms with Gasteiger partial charge in [0.05, 0.1) is 0 Å². The molecule has 2 rings (SSSR count). The Morgan fingerprint density at radius 3 is 2.17 bits per heavy atom. The number of esters is 1. The van der Waals surface area contributed by atoms with Crippen LogP contribution in [0.4, 0.5) is 0 Å². The summed E-state index contributed by atoms with van der Waals surface area (Å²) in [6, 6.07) is 19.1. The highest BCUT2D eigenvalue weighted by Crippen LogP contribution is 2.13. The Bertz CT molecular complexity index is 642. The average molecular weight is 309 g/mol. The second-order valence-corrected chi connectivity index (χ2v) is 6.43. The van der Waals surface area contributed by atoms with E-state index in [1.165, 1.54) is 0 Å². The summed E-state index contributed by atoms with van der Waals surface area (Å²) in [5.74, 6) is -0.298. The predicted molar refractivity (Wildman–Crippen MR) is 93.8 cm³/mol. The van der Waals surface area contributed by atoms with E-state index in [4.69, 9.17) is 4.74 Å². The number of benzene rings is 2. The number of hydrogen-bond acceptors (Lipinski definition) is 3. The molecule has 0 aliphatic heterocycles. The van der Waals surface area contributed by atoms with Crippen molar-refractivity contribution in [2.75, 3.05) is 0 Å². The van der Waals surface area contributed by atoms with Crippen molar-refractivity contribution < 1.29 is 9.53 Å². The molecular formula is C20H23NO2. The van der Waals surface area contributed by atoms with Crippen LogP contribution in [0.25, 0.3) is 0 Å². The first-order valence-corrected chi connectivity index (χ1v) is 7.79. The quantitative estimate of drug-likeness (QED) is 0.617. The van der Waals surface area contributed by atoms with Gasteiger partial charge in [0, 0.05) is 12.6 Å². The normalized spacial score (nSPS) is 13.0. The van der Waals surface area contributed by atoms with E-state index >= 15 is 0 Å². The third-order valence-electron chi connectivity index (χ3n) is 3.15. The SMILES string of the molecule is CC(C)(C)OC(=O)C(Cc1ccccc1)/N=C/c1ccccc1. The number of ether oxygens (including phenoxy) is 1. The van der Waals surface area contributed by atoms with E-state index in [1.54, 1.807) is 6.21 Å². The van der Waals surface area contributed by atoms with Crippen molar-refractivity contribution in [3.63, 3.8) is 0 Å². The third-order valence-corrected chi connectivity index (χ3v) is 3.15. The summed E-state index contributed by atoms with van der Waals surface area (Å²) in [6.07, 6.45) is 2.26. The van der Waals surface area contributed by atoms with Crippen LogP contribution in [0.5, 0.6) is 0 Å². The van der Waals surface area contributed by atoms with Crippen molar-refractivity contribution in [2.24, 2.45) is 4.99 Å². The molecule has 0 N–H and O–H groups in total. The summed E-state index contributed by atoms with van der Waals surface area (Å²) < 4.78 is 5.51. The van der Waals surface area contributed by atoms with Crippen LogP contribution in [-0.2, 0) is 16.0 Å². The first-order valence-electron chi connectivity index (χ1n) is 7.79. The topological polar surface area (TPSA) is 38.7 Å². The van der Waals surface area contributed by atoms with Crippen LogP contribution in [0.2, 0.25) is 0 Å². The number of aliphatic imine (C=N–C) groups is 1. The van der Waals surface area contributed by atoms with Crippen LogP contribution >= 0.6 is 0 Å². The van der Waals surface area contributed by atoms with E-state index in [0.29, 0.717) is 6.42 Å². The van der Waals surface area contributed by atoms with Gasteiger partial charge in [0.25, 0.3) is 0 Å². The lowest BCUT2D eigenvalue weighted by Crippen LogP contribution is -2.32. The molecule has 0 heterocycles. The van der Waals surface area contributed by atoms with Crippen molar-refractivity contribution in [3.05, 3.63) is 71.8 Å². The molecule has 3 nitrogen and oxygen atoms in total. The van der Waals surface area contributed by atoms with Gasteiger partial charge in [0.2, 0.25) is 0 Å². The van der Waals surface area contributed by atoms with Crippen LogP contribution in [0.1, 0.15) is 31.9 Å². The van der Waals surface area contributed by atoms with Crippen molar-refractivity contribution in [1.82, 2.24) is 0 Å². The third kappa shape index (κ3) is 6.07. The van der Waals surface area contributed by atoms with Gasteiger partial charge >= 0.3 is 5.97 Å². The second kappa shape index (κ2) is 7.73. The molecule has 120 valence electrons. The zero-order chi connectivity index (χ0) is 16.7. The Labute approximate surface area is 138 Å². The maximum Gasteiger partial charge on any atom is 0.331 e. The first kappa shape index (κ1) is 16.9. The lowest BCUT2D eigenvalue weighted by molar-refractivity contribution is -0.156. The van der Waals surface area contributed by atoms with Crippen molar-refractivity contribution in [2.45, 2.75) is 38.8 Å². The molecule has 0 aliphatic carbocycles. The molecule has 2 aromatic carbocycles. The number of carbonyl (C=O) groups is 1. The lowest BCUT2D eigenvalue weighted by atomic mass is 10.1. The molecule has 0 saturated heterocycles. The molecule has 0 aliphatic rings. The van der Waals surface area contributed by atoms with Gasteiger partial charge in [-0.2, -0.15) is 0 Å². The van der Waals surface area contributed by atoms with Gasteiger partial charge in [0.15, 0.2) is 6.04 Å². The molecule has 1 unspecified atom stereocenters. The summed E-state index contributed by atoms with van der Waals surface area (Å²) >= 11 is 0. The molecule has 0 saturated carbocycles. The van der Waals surface area contributed by atoms with Gasteiger partial charge in [-0.05, 0) is 31.9 Å². The highest BCUT2D eigenvalue weighted by atomic mass is 16.6. The Morgan fingerprint density at radius 1 is 1.04 bits per heavy atom. The molecule has 0 aromatic heterocycles. The Morgan fingerprint density at radius 2 is 1.61 bits per heavy atom. The smallest absolute Gasteiger partial charge is 0.331 e. The van der Waals surface area contributed by atoms with Crippen molar-refractivity contribution in [3.8, 4) is 0 Å². The molecule has 3 heteroatoms. The fourth-order valence-electron chi connectivity index (χ4n) is 2.12. The van der Waals surface area contributed by atoms with Crippen LogP contribution in [0.15, 0.2) is 65.7 Å². The molecule has 0 spiro atoms. The Balaban J connectivity index is 2.17. The van der Waals surface area contributed by atoms with Gasteiger partial charge < -0.3 is 4.74 Å². The van der Waals surface area contributed by atoms with Crippen LogP contribution in [-0.4, -0.2) is 23.8 Å². The maximum absolute atomic E-state index is 12.4. The zero-order valence-electron chi connectivity index (χ0n) is 13.9. The van der Waals surface area contributed by atoms with Gasteiger partial charge in [0.1, 0.15) is 5.60 Å². The Hall–Kier alpha value is -2.42. The summed E-state index contributed by atoms with van der Waals surface area (Å²) in [5, 5.41) is 0. The Kier molecular flexibility index (Phi) is 5.69. The van der Waals surface area contributed by atoms with Crippen molar-refractivity contribution >= 4 is 12.2 Å². The standard InChI is InChI=1S/C20H23NO2/c1-20(2,3)23-19(22)18(14-16-10-6-4-7-11-16)21-15-17-12-8-5-9-13-17/h4-13,15,18H,14H2,1-3H3/b21-15+. The van der Waals surface area contributed by atoms with Crippen LogP contribution in [0, 0.1) is 0 Å². The van der Waals surface area contributed by atoms with Crippen molar-refractivity contribution in [1.29, 1.82) is 0 Å². The summed E-state index contributed by atoms with van der Waals surface area (Å²) in [5.41, 5.74) is 1.51. The molecule has 0 radical (unpaired) electrons. The molecule has 2 aromatic rings. The molecular weight excluding hydrogens is 286 g/mol. The monoisotopic (exact) mass is 309 g/mol. The zero-order valence-corrected chi connectivity index (χ0v) is 13.9. The fourth-order valence-corrected chi connectivity index (χ4v) is 2.12. The molecule has 0 bridgehead atoms. The lowest BCUT2D eigenvalue weighted by Gasteiger charge is -2.22. The molecule has 23 heavy (non-hydrogen) atoms. The van der Waals surface area contributed by atoms with Gasteiger partial charge in [-0.25, -0.2) is 4.79 Å². The predicted octanol–water partition coefficient (Wildman–Crippen LogP) is 4.06. The van der Waals surface area contributed by atoms with Crippen LogP contribution < -0.4 is 0 Å². The van der Waals surface area contributed by atoms with E-state index in [9.17, 15) is 4.79 Å². The number of carbonyl (C=O) groups excluding carboxylic acids is 1. The highest BCUT2D eigenvalue weighted by Gasteiger charge is 2.24. The minimum Gasteiger partial charge on any atom is -0.458 e. The molecule has 0 fully saturated rings. The average Bonchev–Trinajstić information content (AvgIpc) is 2.51. The number of rotatable bonds is 5. The first-order chi connectivity index (χ1) is 10.9. The van der Waals surface area contributed by atoms with Crippen LogP contribution in [0.3, 0.4) is 0 Å².